The maximum Gasteiger partial charge on any atom is 0.329 e. The van der Waals surface area contributed by atoms with Crippen molar-refractivity contribution in [3.8, 4) is 6.07 Å². The summed E-state index contributed by atoms with van der Waals surface area (Å²) < 4.78 is 8.99. The van der Waals surface area contributed by atoms with E-state index in [4.69, 9.17) is 10.2 Å². The molecule has 0 heterocycles. The highest BCUT2D eigenvalue weighted by molar-refractivity contribution is 7.40. The molecule has 0 aromatic heterocycles. The van der Waals surface area contributed by atoms with Crippen molar-refractivity contribution in [2.24, 2.45) is 0 Å². The molecule has 0 saturated heterocycles. The molecule has 0 aromatic carbocycles. The highest BCUT2D eigenvalue weighted by atomic mass is 31.2. The molecular weight excluding hydrogens is 227 g/mol. The van der Waals surface area contributed by atoms with Crippen LogP contribution in [0.5, 0.6) is 0 Å². The van der Waals surface area contributed by atoms with Crippen LogP contribution < -0.4 is 0 Å². The van der Waals surface area contributed by atoms with Crippen molar-refractivity contribution in [3.63, 3.8) is 0 Å². The predicted molar refractivity (Wildman–Crippen MR) is 66.0 cm³/mol. The maximum atomic E-state index is 8.60. The van der Waals surface area contributed by atoms with Gasteiger partial charge < -0.3 is 19.3 Å². The summed E-state index contributed by atoms with van der Waals surface area (Å²) in [6.07, 6.45) is 0.281. The van der Waals surface area contributed by atoms with E-state index in [9.17, 15) is 0 Å². The van der Waals surface area contributed by atoms with Crippen LogP contribution in [0.15, 0.2) is 0 Å². The Balaban J connectivity index is 0. The minimum atomic E-state index is -1.74. The van der Waals surface area contributed by atoms with Gasteiger partial charge in [-0.3, -0.25) is 0 Å². The molecule has 0 aliphatic rings. The Kier molecular flexibility index (Phi) is 14.5. The van der Waals surface area contributed by atoms with Crippen LogP contribution in [-0.2, 0) is 9.05 Å². The van der Waals surface area contributed by atoms with Gasteiger partial charge in [0, 0.05) is 7.11 Å². The Labute approximate surface area is 99.8 Å². The van der Waals surface area contributed by atoms with E-state index in [0.29, 0.717) is 12.1 Å². The van der Waals surface area contributed by atoms with E-state index in [1.54, 1.807) is 0 Å². The Hall–Kier alpha value is -0.240. The molecule has 0 spiro atoms. The predicted octanol–water partition coefficient (Wildman–Crippen LogP) is 2.96. The lowest BCUT2D eigenvalue weighted by Crippen LogP contribution is -2.01. The molecule has 0 aliphatic heterocycles. The van der Waals surface area contributed by atoms with Crippen LogP contribution in [0.3, 0.4) is 0 Å². The van der Waals surface area contributed by atoms with E-state index < -0.39 is 8.60 Å². The number of nitrogens with zero attached hydrogens (tertiary/aromatic N) is 2. The monoisotopic (exact) mass is 249 g/mol. The normalized spacial score (nSPS) is 11.9. The smallest absolute Gasteiger partial charge is 0.329 e. The number of hydrogen-bond acceptors (Lipinski definition) is 4. The average molecular weight is 249 g/mol. The van der Waals surface area contributed by atoms with Crippen molar-refractivity contribution < 1.29 is 13.9 Å². The molecule has 0 fully saturated rings. The van der Waals surface area contributed by atoms with Crippen LogP contribution in [0.25, 0.3) is 5.32 Å². The van der Waals surface area contributed by atoms with Gasteiger partial charge in [-0.25, -0.2) is 0 Å². The Morgan fingerprint density at radius 2 is 1.81 bits per heavy atom. The van der Waals surface area contributed by atoms with Crippen molar-refractivity contribution in [2.45, 2.75) is 46.2 Å². The van der Waals surface area contributed by atoms with E-state index in [1.807, 2.05) is 6.07 Å². The van der Waals surface area contributed by atoms with Crippen LogP contribution in [0, 0.1) is 11.3 Å². The molecule has 1 N–H and O–H groups in total. The lowest BCUT2D eigenvalue weighted by molar-refractivity contribution is 0.233. The molecule has 0 aliphatic carbocycles. The van der Waals surface area contributed by atoms with Crippen molar-refractivity contribution in [3.05, 3.63) is 5.32 Å². The van der Waals surface area contributed by atoms with Crippen molar-refractivity contribution in [1.82, 2.24) is 0 Å². The van der Waals surface area contributed by atoms with Crippen LogP contribution in [0.1, 0.15) is 34.1 Å². The van der Waals surface area contributed by atoms with E-state index in [0.717, 1.165) is 0 Å². The third kappa shape index (κ3) is 19.4. The first-order chi connectivity index (χ1) is 7.43. The van der Waals surface area contributed by atoms with Gasteiger partial charge in [0.05, 0.1) is 19.1 Å². The first-order valence-electron chi connectivity index (χ1n) is 5.17. The van der Waals surface area contributed by atoms with E-state index in [-0.39, 0.29) is 13.0 Å². The SMILES string of the molecule is CC(C)[N-]C(C)C.COP(O)OCCC#N. The summed E-state index contributed by atoms with van der Waals surface area (Å²) in [5.74, 6) is 0. The Bertz CT molecular complexity index is 177. The highest BCUT2D eigenvalue weighted by Crippen LogP contribution is 2.30. The zero-order valence-electron chi connectivity index (χ0n) is 10.7. The van der Waals surface area contributed by atoms with Gasteiger partial charge in [0.15, 0.2) is 0 Å². The topological polar surface area (TPSA) is 76.6 Å². The molecule has 0 rings (SSSR count). The van der Waals surface area contributed by atoms with E-state index in [1.165, 1.54) is 7.11 Å². The summed E-state index contributed by atoms with van der Waals surface area (Å²) in [7, 11) is -0.396. The Morgan fingerprint density at radius 1 is 1.31 bits per heavy atom. The molecule has 0 saturated carbocycles. The van der Waals surface area contributed by atoms with Gasteiger partial charge >= 0.3 is 8.60 Å². The van der Waals surface area contributed by atoms with Gasteiger partial charge in [-0.15, -0.1) is 12.1 Å². The zero-order valence-corrected chi connectivity index (χ0v) is 11.6. The highest BCUT2D eigenvalue weighted by Gasteiger charge is 2.00. The summed E-state index contributed by atoms with van der Waals surface area (Å²) in [5, 5.41) is 12.3. The van der Waals surface area contributed by atoms with Gasteiger partial charge in [-0.05, 0) is 0 Å². The fraction of sp³-hybridized carbons (Fsp3) is 0.900. The van der Waals surface area contributed by atoms with Crippen molar-refractivity contribution in [1.29, 1.82) is 5.26 Å². The minimum Gasteiger partial charge on any atom is -0.658 e. The zero-order chi connectivity index (χ0) is 13.0. The molecule has 0 amide bonds. The summed E-state index contributed by atoms with van der Waals surface area (Å²) in [4.78, 5) is 8.60. The summed E-state index contributed by atoms with van der Waals surface area (Å²) >= 11 is 0. The first kappa shape index (κ1) is 18.1. The van der Waals surface area contributed by atoms with Crippen LogP contribution in [0.2, 0.25) is 0 Å². The third-order valence-electron chi connectivity index (χ3n) is 1.17. The number of hydrogen-bond donors (Lipinski definition) is 1. The minimum absolute atomic E-state index is 0.229. The third-order valence-corrected chi connectivity index (χ3v) is 1.88. The summed E-state index contributed by atoms with van der Waals surface area (Å²) in [6, 6.07) is 2.87. The average Bonchev–Trinajstić information content (AvgIpc) is 2.16. The second-order valence-electron chi connectivity index (χ2n) is 3.50. The van der Waals surface area contributed by atoms with Gasteiger partial charge in [0.2, 0.25) is 0 Å². The standard InChI is InChI=1S/C6H14N.C4H8NO3P/c1-5(2)7-6(3)4;1-7-9(6)8-4-2-3-5/h5-6H,1-4H3;6H,2,4H2,1H3/q-1;. The lowest BCUT2D eigenvalue weighted by atomic mass is 10.3. The Morgan fingerprint density at radius 3 is 2.06 bits per heavy atom. The maximum absolute atomic E-state index is 8.60. The second kappa shape index (κ2) is 12.8. The number of nitriles is 1. The van der Waals surface area contributed by atoms with Crippen LogP contribution in [0.4, 0.5) is 0 Å². The van der Waals surface area contributed by atoms with Gasteiger partial charge in [-0.2, -0.15) is 5.26 Å². The van der Waals surface area contributed by atoms with E-state index in [2.05, 4.69) is 42.1 Å². The summed E-state index contributed by atoms with van der Waals surface area (Å²) in [6.45, 7) is 8.62. The molecule has 0 bridgehead atoms. The van der Waals surface area contributed by atoms with E-state index >= 15 is 0 Å². The fourth-order valence-electron chi connectivity index (χ4n) is 0.818. The molecule has 5 nitrogen and oxygen atoms in total. The molecular formula is C10H22N2O3P-. The molecule has 1 atom stereocenters. The molecule has 1 unspecified atom stereocenters. The fourth-order valence-corrected chi connectivity index (χ4v) is 1.17. The first-order valence-corrected chi connectivity index (χ1v) is 6.30. The molecule has 16 heavy (non-hydrogen) atoms. The van der Waals surface area contributed by atoms with Gasteiger partial charge in [0.1, 0.15) is 0 Å². The molecule has 0 radical (unpaired) electrons. The summed E-state index contributed by atoms with van der Waals surface area (Å²) in [5.41, 5.74) is 0. The number of rotatable bonds is 6. The second-order valence-corrected chi connectivity index (χ2v) is 4.60. The van der Waals surface area contributed by atoms with Crippen molar-refractivity contribution >= 4 is 8.60 Å². The molecule has 0 aromatic rings. The van der Waals surface area contributed by atoms with Gasteiger partial charge in [-0.1, -0.05) is 27.7 Å². The van der Waals surface area contributed by atoms with Crippen molar-refractivity contribution in [2.75, 3.05) is 13.7 Å². The molecule has 6 heteroatoms. The van der Waals surface area contributed by atoms with Crippen LogP contribution >= 0.6 is 8.60 Å². The largest absolute Gasteiger partial charge is 0.658 e. The lowest BCUT2D eigenvalue weighted by Gasteiger charge is -2.28. The quantitative estimate of drug-likeness (QED) is 0.580. The molecule has 96 valence electrons. The van der Waals surface area contributed by atoms with Crippen LogP contribution in [-0.4, -0.2) is 30.7 Å². The van der Waals surface area contributed by atoms with Gasteiger partial charge in [0.25, 0.3) is 0 Å².